The first-order valence-electron chi connectivity index (χ1n) is 11.9. The maximum atomic E-state index is 12.8. The lowest BCUT2D eigenvalue weighted by molar-refractivity contribution is -0.132. The third-order valence-corrected chi connectivity index (χ3v) is 5.88. The van der Waals surface area contributed by atoms with Crippen LogP contribution in [0, 0.1) is 0 Å². The molecule has 0 saturated carbocycles. The van der Waals surface area contributed by atoms with Crippen molar-refractivity contribution in [2.24, 2.45) is 5.73 Å². The van der Waals surface area contributed by atoms with Crippen LogP contribution < -0.4 is 15.8 Å². The zero-order chi connectivity index (χ0) is 25.7. The summed E-state index contributed by atoms with van der Waals surface area (Å²) in [6, 6.07) is 14.2. The summed E-state index contributed by atoms with van der Waals surface area (Å²) in [6.45, 7) is 4.26. The van der Waals surface area contributed by atoms with Gasteiger partial charge in [0, 0.05) is 13.1 Å². The fourth-order valence-electron chi connectivity index (χ4n) is 3.86. The van der Waals surface area contributed by atoms with E-state index in [4.69, 9.17) is 15.2 Å². The first-order valence-corrected chi connectivity index (χ1v) is 11.9. The molecule has 1 aromatic carbocycles. The van der Waals surface area contributed by atoms with Crippen LogP contribution in [-0.4, -0.2) is 74.4 Å². The van der Waals surface area contributed by atoms with Gasteiger partial charge in [0.05, 0.1) is 24.9 Å². The van der Waals surface area contributed by atoms with Gasteiger partial charge in [0.15, 0.2) is 18.1 Å². The summed E-state index contributed by atoms with van der Waals surface area (Å²) in [6.07, 6.45) is 0.0487. The van der Waals surface area contributed by atoms with Gasteiger partial charge in [-0.3, -0.25) is 9.59 Å². The molecule has 1 fully saturated rings. The number of pyridine rings is 1. The number of hydrogen-bond acceptors (Lipinski definition) is 8. The predicted molar refractivity (Wildman–Crippen MR) is 131 cm³/mol. The second kappa shape index (κ2) is 11.0. The third kappa shape index (κ3) is 6.17. The minimum atomic E-state index is -1.12. The summed E-state index contributed by atoms with van der Waals surface area (Å²) in [5, 5.41) is 21.1. The van der Waals surface area contributed by atoms with Crippen molar-refractivity contribution >= 4 is 17.5 Å². The molecule has 0 bridgehead atoms. The quantitative estimate of drug-likeness (QED) is 0.374. The smallest absolute Gasteiger partial charge is 0.260 e. The molecule has 2 atom stereocenters. The summed E-state index contributed by atoms with van der Waals surface area (Å²) in [7, 11) is 0. The van der Waals surface area contributed by atoms with Gasteiger partial charge < -0.3 is 30.5 Å². The molecule has 11 heteroatoms. The van der Waals surface area contributed by atoms with Crippen LogP contribution in [0.3, 0.4) is 0 Å². The van der Waals surface area contributed by atoms with E-state index >= 15 is 0 Å². The molecule has 0 radical (unpaired) electrons. The molecule has 1 aliphatic heterocycles. The SMILES string of the molecule is CC(C)(N)C(=O)N[C@H](COCc1ccccc1)c1nnc2cccc(OCC(=O)N3CC[C@@H](O)C3)n12. The Bertz CT molecular complexity index is 1190. The number of nitrogens with one attached hydrogen (secondary N) is 1. The van der Waals surface area contributed by atoms with Crippen LogP contribution in [0.4, 0.5) is 0 Å². The van der Waals surface area contributed by atoms with Crippen molar-refractivity contribution in [3.05, 3.63) is 59.9 Å². The molecule has 0 unspecified atom stereocenters. The minimum Gasteiger partial charge on any atom is -0.468 e. The third-order valence-electron chi connectivity index (χ3n) is 5.88. The molecule has 2 amide bonds. The Hall–Kier alpha value is -3.54. The second-order valence-electron chi connectivity index (χ2n) is 9.44. The highest BCUT2D eigenvalue weighted by Crippen LogP contribution is 2.22. The average molecular weight is 497 g/mol. The molecule has 4 N–H and O–H groups in total. The number of ether oxygens (including phenoxy) is 2. The largest absolute Gasteiger partial charge is 0.468 e. The van der Waals surface area contributed by atoms with Crippen LogP contribution in [-0.2, 0) is 20.9 Å². The van der Waals surface area contributed by atoms with E-state index in [-0.39, 0.29) is 25.0 Å². The van der Waals surface area contributed by atoms with Crippen LogP contribution in [0.1, 0.15) is 37.7 Å². The number of benzene rings is 1. The van der Waals surface area contributed by atoms with Gasteiger partial charge in [0.1, 0.15) is 6.04 Å². The first-order chi connectivity index (χ1) is 17.2. The van der Waals surface area contributed by atoms with Gasteiger partial charge in [-0.2, -0.15) is 0 Å². The zero-order valence-electron chi connectivity index (χ0n) is 20.5. The molecule has 0 spiro atoms. The van der Waals surface area contributed by atoms with E-state index in [1.807, 2.05) is 30.3 Å². The normalized spacial score (nSPS) is 16.8. The van der Waals surface area contributed by atoms with Crippen LogP contribution >= 0.6 is 0 Å². The van der Waals surface area contributed by atoms with E-state index in [0.29, 0.717) is 43.5 Å². The molecule has 36 heavy (non-hydrogen) atoms. The minimum absolute atomic E-state index is 0.108. The summed E-state index contributed by atoms with van der Waals surface area (Å²) in [4.78, 5) is 26.9. The Labute approximate surface area is 209 Å². The van der Waals surface area contributed by atoms with E-state index in [0.717, 1.165) is 5.56 Å². The van der Waals surface area contributed by atoms with E-state index in [9.17, 15) is 14.7 Å². The van der Waals surface area contributed by atoms with Gasteiger partial charge in [-0.15, -0.1) is 10.2 Å². The number of rotatable bonds is 10. The van der Waals surface area contributed by atoms with Crippen molar-refractivity contribution in [2.45, 2.75) is 44.6 Å². The summed E-state index contributed by atoms with van der Waals surface area (Å²) in [5.41, 5.74) is 6.37. The lowest BCUT2D eigenvalue weighted by atomic mass is 10.1. The summed E-state index contributed by atoms with van der Waals surface area (Å²) < 4.78 is 13.4. The number of fused-ring (bicyclic) bond motifs is 1. The number of carbonyl (C=O) groups excluding carboxylic acids is 2. The topological polar surface area (TPSA) is 144 Å². The summed E-state index contributed by atoms with van der Waals surface area (Å²) in [5.74, 6) is 0.123. The van der Waals surface area contributed by atoms with Gasteiger partial charge in [-0.05, 0) is 38.0 Å². The van der Waals surface area contributed by atoms with Crippen molar-refractivity contribution in [1.82, 2.24) is 24.8 Å². The highest BCUT2D eigenvalue weighted by molar-refractivity contribution is 5.85. The maximum Gasteiger partial charge on any atom is 0.260 e. The number of nitrogens with zero attached hydrogens (tertiary/aromatic N) is 4. The first kappa shape index (κ1) is 25.5. The van der Waals surface area contributed by atoms with Crippen molar-refractivity contribution in [1.29, 1.82) is 0 Å². The molecule has 3 heterocycles. The molecule has 192 valence electrons. The molecular weight excluding hydrogens is 464 g/mol. The Morgan fingerprint density at radius 2 is 1.97 bits per heavy atom. The number of aliphatic hydroxyl groups excluding tert-OH is 1. The molecule has 1 saturated heterocycles. The van der Waals surface area contributed by atoms with Crippen molar-refractivity contribution < 1.29 is 24.2 Å². The number of aliphatic hydroxyl groups is 1. The van der Waals surface area contributed by atoms with Crippen LogP contribution in [0.2, 0.25) is 0 Å². The number of hydrogen-bond donors (Lipinski definition) is 3. The molecule has 0 aliphatic carbocycles. The Balaban J connectivity index is 1.55. The Kier molecular flexibility index (Phi) is 7.82. The number of carbonyl (C=O) groups is 2. The number of β-amino-alcohol motifs (C(OH)–C–C–N with tert-alkyl or cyclic N) is 1. The van der Waals surface area contributed by atoms with Gasteiger partial charge in [-0.25, -0.2) is 4.40 Å². The number of nitrogens with two attached hydrogens (primary N) is 1. The van der Waals surface area contributed by atoms with E-state index in [1.54, 1.807) is 41.3 Å². The molecule has 4 rings (SSSR count). The predicted octanol–water partition coefficient (Wildman–Crippen LogP) is 0.813. The highest BCUT2D eigenvalue weighted by Gasteiger charge is 2.29. The van der Waals surface area contributed by atoms with Crippen molar-refractivity contribution in [3.63, 3.8) is 0 Å². The average Bonchev–Trinajstić information content (AvgIpc) is 3.48. The zero-order valence-corrected chi connectivity index (χ0v) is 20.5. The summed E-state index contributed by atoms with van der Waals surface area (Å²) >= 11 is 0. The number of likely N-dealkylation sites (tertiary alicyclic amines) is 1. The van der Waals surface area contributed by atoms with E-state index in [1.165, 1.54) is 0 Å². The van der Waals surface area contributed by atoms with Gasteiger partial charge in [0.25, 0.3) is 5.91 Å². The monoisotopic (exact) mass is 496 g/mol. The standard InChI is InChI=1S/C25H32N6O5/c1-25(2,26)24(34)27-19(15-35-14-17-7-4-3-5-8-17)23-29-28-20-9-6-10-22(31(20)23)36-16-21(33)30-12-11-18(32)13-30/h3-10,18-19,32H,11-16,26H2,1-2H3,(H,27,34)/t18-,19-/m1/s1. The molecular formula is C25H32N6O5. The fourth-order valence-corrected chi connectivity index (χ4v) is 3.86. The lowest BCUT2D eigenvalue weighted by Gasteiger charge is -2.24. The van der Waals surface area contributed by atoms with Crippen LogP contribution in [0.25, 0.3) is 5.65 Å². The van der Waals surface area contributed by atoms with Crippen molar-refractivity contribution in [2.75, 3.05) is 26.3 Å². The van der Waals surface area contributed by atoms with Gasteiger partial charge in [0.2, 0.25) is 11.8 Å². The second-order valence-corrected chi connectivity index (χ2v) is 9.44. The Morgan fingerprint density at radius 3 is 2.67 bits per heavy atom. The number of aromatic nitrogens is 3. The molecule has 3 aromatic rings. The Morgan fingerprint density at radius 1 is 1.19 bits per heavy atom. The number of amides is 2. The van der Waals surface area contributed by atoms with Gasteiger partial charge in [-0.1, -0.05) is 36.4 Å². The molecule has 11 nitrogen and oxygen atoms in total. The van der Waals surface area contributed by atoms with Gasteiger partial charge >= 0.3 is 0 Å². The van der Waals surface area contributed by atoms with Crippen LogP contribution in [0.15, 0.2) is 48.5 Å². The van der Waals surface area contributed by atoms with Crippen molar-refractivity contribution in [3.8, 4) is 5.88 Å². The van der Waals surface area contributed by atoms with E-state index < -0.39 is 17.7 Å². The van der Waals surface area contributed by atoms with Crippen LogP contribution in [0.5, 0.6) is 5.88 Å². The molecule has 1 aliphatic rings. The lowest BCUT2D eigenvalue weighted by Crippen LogP contribution is -2.51. The maximum absolute atomic E-state index is 12.8. The fraction of sp³-hybridized carbons (Fsp3) is 0.440. The highest BCUT2D eigenvalue weighted by atomic mass is 16.5. The van der Waals surface area contributed by atoms with E-state index in [2.05, 4.69) is 15.5 Å². The molecule has 2 aromatic heterocycles.